The molecule has 172 valence electrons. The van der Waals surface area contributed by atoms with Crippen molar-refractivity contribution in [2.45, 2.75) is 64.1 Å². The average Bonchev–Trinajstić information content (AvgIpc) is 2.72. The van der Waals surface area contributed by atoms with E-state index in [0.717, 1.165) is 5.56 Å². The lowest BCUT2D eigenvalue weighted by molar-refractivity contribution is -0.285. The Morgan fingerprint density at radius 1 is 1.16 bits per heavy atom. The van der Waals surface area contributed by atoms with E-state index in [2.05, 4.69) is 5.32 Å². The van der Waals surface area contributed by atoms with Gasteiger partial charge in [-0.25, -0.2) is 4.79 Å². The number of esters is 1. The van der Waals surface area contributed by atoms with Gasteiger partial charge in [0.2, 0.25) is 5.91 Å². The maximum absolute atomic E-state index is 11.8. The molecule has 1 aliphatic heterocycles. The van der Waals surface area contributed by atoms with Crippen LogP contribution in [0.4, 0.5) is 0 Å². The highest BCUT2D eigenvalue weighted by Crippen LogP contribution is 2.29. The van der Waals surface area contributed by atoms with Gasteiger partial charge in [-0.2, -0.15) is 0 Å². The molecule has 2 rings (SSSR count). The van der Waals surface area contributed by atoms with Gasteiger partial charge in [0, 0.05) is 21.0 Å². The fourth-order valence-electron chi connectivity index (χ4n) is 3.25. The molecule has 10 nitrogen and oxygen atoms in total. The number of aliphatic carboxylic acids is 1. The molecule has 0 aromatic heterocycles. The molecule has 1 heterocycles. The van der Waals surface area contributed by atoms with Crippen molar-refractivity contribution in [1.29, 1.82) is 0 Å². The highest BCUT2D eigenvalue weighted by atomic mass is 16.7. The predicted octanol–water partition coefficient (Wildman–Crippen LogP) is 0.869. The van der Waals surface area contributed by atoms with Gasteiger partial charge in [-0.15, -0.1) is 0 Å². The summed E-state index contributed by atoms with van der Waals surface area (Å²) in [7, 11) is 1.38. The average molecular weight is 439 g/mol. The monoisotopic (exact) mass is 439 g/mol. The van der Waals surface area contributed by atoms with Crippen molar-refractivity contribution in [3.63, 3.8) is 0 Å². The standard InChI is InChI=1S/C21H29NO9/c1-12(20(25)26)30-19-17(22-13(2)23)21(27-4)31-16(11-28-14(3)24)18(19)29-10-15-8-6-5-7-9-15/h5-9,12,16-19,21H,10-11H2,1-4H3,(H,22,23)(H,25,26)/t12-,16-,17-,18-,19-,21-/m1/s1. The van der Waals surface area contributed by atoms with Crippen LogP contribution in [0.1, 0.15) is 26.3 Å². The minimum atomic E-state index is -1.20. The highest BCUT2D eigenvalue weighted by Gasteiger charge is 2.49. The second kappa shape index (κ2) is 11.8. The number of methoxy groups -OCH3 is 1. The molecule has 0 aliphatic carbocycles. The van der Waals surface area contributed by atoms with E-state index >= 15 is 0 Å². The molecule has 10 heteroatoms. The molecule has 0 unspecified atom stereocenters. The number of ether oxygens (including phenoxy) is 5. The van der Waals surface area contributed by atoms with E-state index in [1.807, 2.05) is 30.3 Å². The van der Waals surface area contributed by atoms with Crippen LogP contribution >= 0.6 is 0 Å². The minimum Gasteiger partial charge on any atom is -0.479 e. The zero-order valence-corrected chi connectivity index (χ0v) is 18.0. The lowest BCUT2D eigenvalue weighted by Gasteiger charge is -2.46. The van der Waals surface area contributed by atoms with Crippen molar-refractivity contribution in [2.75, 3.05) is 13.7 Å². The Kier molecular flexibility index (Phi) is 9.38. The molecule has 1 amide bonds. The summed E-state index contributed by atoms with van der Waals surface area (Å²) >= 11 is 0. The van der Waals surface area contributed by atoms with E-state index in [-0.39, 0.29) is 19.1 Å². The van der Waals surface area contributed by atoms with Gasteiger partial charge in [0.05, 0.1) is 6.61 Å². The molecule has 1 aliphatic rings. The lowest BCUT2D eigenvalue weighted by Crippen LogP contribution is -2.66. The maximum Gasteiger partial charge on any atom is 0.332 e. The summed E-state index contributed by atoms with van der Waals surface area (Å²) < 4.78 is 28.3. The van der Waals surface area contributed by atoms with Crippen LogP contribution in [0.5, 0.6) is 0 Å². The van der Waals surface area contributed by atoms with Crippen LogP contribution < -0.4 is 5.32 Å². The molecule has 31 heavy (non-hydrogen) atoms. The third kappa shape index (κ3) is 7.28. The predicted molar refractivity (Wildman–Crippen MR) is 107 cm³/mol. The van der Waals surface area contributed by atoms with Gasteiger partial charge in [-0.3, -0.25) is 9.59 Å². The van der Waals surface area contributed by atoms with Gasteiger partial charge >= 0.3 is 11.9 Å². The summed E-state index contributed by atoms with van der Waals surface area (Å²) in [5, 5.41) is 12.1. The number of nitrogens with one attached hydrogen (secondary N) is 1. The number of carboxylic acids is 1. The second-order valence-corrected chi connectivity index (χ2v) is 7.15. The first kappa shape index (κ1) is 24.7. The summed E-state index contributed by atoms with van der Waals surface area (Å²) in [6.07, 6.45) is -4.84. The van der Waals surface area contributed by atoms with Crippen LogP contribution in [0.25, 0.3) is 0 Å². The van der Waals surface area contributed by atoms with Crippen molar-refractivity contribution in [1.82, 2.24) is 5.32 Å². The number of carboxylic acid groups (broad SMARTS) is 1. The van der Waals surface area contributed by atoms with Crippen LogP contribution in [-0.4, -0.2) is 73.4 Å². The van der Waals surface area contributed by atoms with Crippen LogP contribution in [0.15, 0.2) is 30.3 Å². The molecule has 1 fully saturated rings. The van der Waals surface area contributed by atoms with Gasteiger partial charge in [0.1, 0.15) is 31.0 Å². The summed E-state index contributed by atoms with van der Waals surface area (Å²) in [6, 6.07) is 8.45. The largest absolute Gasteiger partial charge is 0.479 e. The van der Waals surface area contributed by atoms with Crippen molar-refractivity contribution in [2.24, 2.45) is 0 Å². The van der Waals surface area contributed by atoms with Gasteiger partial charge in [0.25, 0.3) is 0 Å². The fourth-order valence-corrected chi connectivity index (χ4v) is 3.25. The molecular formula is C21H29NO9. The first-order chi connectivity index (χ1) is 14.7. The molecular weight excluding hydrogens is 410 g/mol. The summed E-state index contributed by atoms with van der Waals surface area (Å²) in [4.78, 5) is 34.6. The Bertz CT molecular complexity index is 742. The molecule has 6 atom stereocenters. The molecule has 0 saturated carbocycles. The van der Waals surface area contributed by atoms with E-state index < -0.39 is 48.7 Å². The summed E-state index contributed by atoms with van der Waals surface area (Å²) in [5.41, 5.74) is 0.865. The van der Waals surface area contributed by atoms with Gasteiger partial charge in [-0.05, 0) is 12.5 Å². The molecule has 1 aromatic carbocycles. The molecule has 0 bridgehead atoms. The summed E-state index contributed by atoms with van der Waals surface area (Å²) in [6.45, 7) is 3.95. The Morgan fingerprint density at radius 2 is 1.84 bits per heavy atom. The zero-order valence-electron chi connectivity index (χ0n) is 18.0. The van der Waals surface area contributed by atoms with E-state index in [1.165, 1.54) is 27.9 Å². The number of carbonyl (C=O) groups is 3. The molecule has 2 N–H and O–H groups in total. The third-order valence-corrected chi connectivity index (χ3v) is 4.69. The van der Waals surface area contributed by atoms with Gasteiger partial charge < -0.3 is 34.1 Å². The van der Waals surface area contributed by atoms with E-state index in [4.69, 9.17) is 23.7 Å². The first-order valence-corrected chi connectivity index (χ1v) is 9.85. The normalized spacial score (nSPS) is 26.6. The number of hydrogen-bond acceptors (Lipinski definition) is 8. The SMILES string of the molecule is CO[C@@H]1O[C@H](COC(C)=O)[C@@H](OCc2ccccc2)[C@H](O[C@H](C)C(=O)O)[C@H]1NC(C)=O. The first-order valence-electron chi connectivity index (χ1n) is 9.85. The number of rotatable bonds is 10. The topological polar surface area (TPSA) is 130 Å². The Balaban J connectivity index is 2.36. The van der Waals surface area contributed by atoms with Crippen molar-refractivity contribution >= 4 is 17.8 Å². The number of amides is 1. The van der Waals surface area contributed by atoms with E-state index in [1.54, 1.807) is 0 Å². The van der Waals surface area contributed by atoms with Crippen molar-refractivity contribution < 1.29 is 43.2 Å². The van der Waals surface area contributed by atoms with E-state index in [9.17, 15) is 19.5 Å². The molecule has 1 aromatic rings. The van der Waals surface area contributed by atoms with Crippen LogP contribution in [0, 0.1) is 0 Å². The smallest absolute Gasteiger partial charge is 0.332 e. The minimum absolute atomic E-state index is 0.164. The Labute approximate surface area is 180 Å². The van der Waals surface area contributed by atoms with Crippen LogP contribution in [0.2, 0.25) is 0 Å². The van der Waals surface area contributed by atoms with Crippen molar-refractivity contribution in [3.8, 4) is 0 Å². The van der Waals surface area contributed by atoms with Crippen LogP contribution in [0.3, 0.4) is 0 Å². The fraction of sp³-hybridized carbons (Fsp3) is 0.571. The highest BCUT2D eigenvalue weighted by molar-refractivity contribution is 5.73. The second-order valence-electron chi connectivity index (χ2n) is 7.15. The van der Waals surface area contributed by atoms with Crippen LogP contribution in [-0.2, 0) is 44.7 Å². The van der Waals surface area contributed by atoms with Gasteiger partial charge in [0.15, 0.2) is 12.4 Å². The Hall–Kier alpha value is -2.53. The molecule has 0 radical (unpaired) electrons. The van der Waals surface area contributed by atoms with E-state index in [0.29, 0.717) is 0 Å². The molecule has 1 saturated heterocycles. The Morgan fingerprint density at radius 3 is 2.39 bits per heavy atom. The lowest BCUT2D eigenvalue weighted by atomic mass is 9.95. The van der Waals surface area contributed by atoms with Gasteiger partial charge in [-0.1, -0.05) is 30.3 Å². The third-order valence-electron chi connectivity index (χ3n) is 4.69. The quantitative estimate of drug-likeness (QED) is 0.510. The number of benzene rings is 1. The zero-order chi connectivity index (χ0) is 23.0. The van der Waals surface area contributed by atoms with Crippen molar-refractivity contribution in [3.05, 3.63) is 35.9 Å². The maximum atomic E-state index is 11.8. The number of carbonyl (C=O) groups excluding carboxylic acids is 2. The number of hydrogen-bond donors (Lipinski definition) is 2. The summed E-state index contributed by atoms with van der Waals surface area (Å²) in [5.74, 6) is -2.08. The molecule has 0 spiro atoms.